The molecule has 0 aliphatic heterocycles. The Morgan fingerprint density at radius 3 is 2.27 bits per heavy atom. The van der Waals surface area contributed by atoms with Crippen molar-refractivity contribution in [1.29, 1.82) is 0 Å². The van der Waals surface area contributed by atoms with Crippen LogP contribution in [0.2, 0.25) is 0 Å². The first kappa shape index (κ1) is 15.1. The normalized spacial score (nSPS) is 10.2. The van der Waals surface area contributed by atoms with E-state index in [2.05, 4.69) is 0 Å². The molecular weight excluding hydrogens is 290 g/mol. The van der Waals surface area contributed by atoms with Crippen molar-refractivity contribution in [2.45, 2.75) is 6.92 Å². The second-order valence-electron chi connectivity index (χ2n) is 4.58. The lowest BCUT2D eigenvalue weighted by Gasteiger charge is -2.09. The molecular formula is C14H11N3O5. The summed E-state index contributed by atoms with van der Waals surface area (Å²) in [6.45, 7) is 1.67. The first-order chi connectivity index (χ1) is 10.3. The van der Waals surface area contributed by atoms with Gasteiger partial charge in [-0.1, -0.05) is 12.1 Å². The number of carbonyl (C=O) groups excluding carboxylic acids is 1. The van der Waals surface area contributed by atoms with Crippen molar-refractivity contribution in [1.82, 2.24) is 0 Å². The molecule has 0 spiro atoms. The standard InChI is InChI=1S/C14H11N3O5/c1-8-5-6-9(16(19)20)7-12(8)10-3-2-4-11(14(15)18)13(10)17(21)22/h2-7H,1H3,(H2,15,18). The van der Waals surface area contributed by atoms with Gasteiger partial charge in [0, 0.05) is 12.1 Å². The summed E-state index contributed by atoms with van der Waals surface area (Å²) in [5, 5.41) is 22.2. The third-order valence-corrected chi connectivity index (χ3v) is 3.21. The first-order valence-electron chi connectivity index (χ1n) is 6.15. The fourth-order valence-corrected chi connectivity index (χ4v) is 2.17. The van der Waals surface area contributed by atoms with Crippen LogP contribution in [-0.4, -0.2) is 15.8 Å². The van der Waals surface area contributed by atoms with Crippen LogP contribution in [0, 0.1) is 27.2 Å². The van der Waals surface area contributed by atoms with Crippen LogP contribution < -0.4 is 5.73 Å². The van der Waals surface area contributed by atoms with Crippen molar-refractivity contribution < 1.29 is 14.6 Å². The average Bonchev–Trinajstić information content (AvgIpc) is 2.46. The molecule has 0 aliphatic rings. The molecule has 2 N–H and O–H groups in total. The molecule has 22 heavy (non-hydrogen) atoms. The van der Waals surface area contributed by atoms with Gasteiger partial charge < -0.3 is 5.73 Å². The lowest BCUT2D eigenvalue weighted by Crippen LogP contribution is -2.14. The van der Waals surface area contributed by atoms with E-state index in [1.807, 2.05) is 0 Å². The molecule has 0 radical (unpaired) electrons. The number of carbonyl (C=O) groups is 1. The summed E-state index contributed by atoms with van der Waals surface area (Å²) < 4.78 is 0. The third-order valence-electron chi connectivity index (χ3n) is 3.21. The molecule has 0 fully saturated rings. The molecule has 2 aromatic carbocycles. The number of rotatable bonds is 4. The van der Waals surface area contributed by atoms with Gasteiger partial charge in [-0.05, 0) is 30.2 Å². The van der Waals surface area contributed by atoms with E-state index in [-0.39, 0.29) is 16.8 Å². The minimum Gasteiger partial charge on any atom is -0.365 e. The Morgan fingerprint density at radius 2 is 1.73 bits per heavy atom. The Labute approximate surface area is 124 Å². The maximum absolute atomic E-state index is 11.4. The smallest absolute Gasteiger partial charge is 0.289 e. The molecule has 0 heterocycles. The topological polar surface area (TPSA) is 129 Å². The highest BCUT2D eigenvalue weighted by Crippen LogP contribution is 2.36. The number of non-ortho nitro benzene ring substituents is 1. The number of amides is 1. The largest absolute Gasteiger partial charge is 0.365 e. The van der Waals surface area contributed by atoms with Gasteiger partial charge in [0.15, 0.2) is 0 Å². The molecule has 0 unspecified atom stereocenters. The highest BCUT2D eigenvalue weighted by atomic mass is 16.6. The summed E-state index contributed by atoms with van der Waals surface area (Å²) in [6.07, 6.45) is 0. The van der Waals surface area contributed by atoms with Crippen LogP contribution in [0.1, 0.15) is 15.9 Å². The molecule has 0 aliphatic carbocycles. The summed E-state index contributed by atoms with van der Waals surface area (Å²) in [7, 11) is 0. The van der Waals surface area contributed by atoms with E-state index in [1.165, 1.54) is 36.4 Å². The van der Waals surface area contributed by atoms with Crippen molar-refractivity contribution in [2.24, 2.45) is 5.73 Å². The van der Waals surface area contributed by atoms with Crippen LogP contribution in [0.4, 0.5) is 11.4 Å². The highest BCUT2D eigenvalue weighted by molar-refractivity contribution is 6.00. The van der Waals surface area contributed by atoms with Crippen molar-refractivity contribution in [2.75, 3.05) is 0 Å². The average molecular weight is 301 g/mol. The summed E-state index contributed by atoms with van der Waals surface area (Å²) in [4.78, 5) is 32.3. The van der Waals surface area contributed by atoms with E-state index in [9.17, 15) is 25.0 Å². The number of hydrogen-bond donors (Lipinski definition) is 1. The summed E-state index contributed by atoms with van der Waals surface area (Å²) in [6, 6.07) is 8.16. The monoisotopic (exact) mass is 301 g/mol. The minimum atomic E-state index is -0.934. The minimum absolute atomic E-state index is 0.113. The summed E-state index contributed by atoms with van der Waals surface area (Å²) in [5.74, 6) is -0.934. The van der Waals surface area contributed by atoms with Crippen molar-refractivity contribution >= 4 is 17.3 Å². The molecule has 1 amide bonds. The van der Waals surface area contributed by atoms with Gasteiger partial charge in [0.1, 0.15) is 5.56 Å². The number of nitro benzene ring substituents is 2. The molecule has 112 valence electrons. The van der Waals surface area contributed by atoms with Crippen LogP contribution in [0.25, 0.3) is 11.1 Å². The number of nitrogens with two attached hydrogens (primary N) is 1. The zero-order valence-corrected chi connectivity index (χ0v) is 11.5. The molecule has 0 saturated carbocycles. The quantitative estimate of drug-likeness (QED) is 0.685. The fraction of sp³-hybridized carbons (Fsp3) is 0.0714. The molecule has 0 bridgehead atoms. The van der Waals surface area contributed by atoms with E-state index in [1.54, 1.807) is 6.92 Å². The lowest BCUT2D eigenvalue weighted by atomic mass is 9.96. The Kier molecular flexibility index (Phi) is 3.85. The van der Waals surface area contributed by atoms with Crippen LogP contribution in [0.15, 0.2) is 36.4 Å². The van der Waals surface area contributed by atoms with Gasteiger partial charge in [-0.25, -0.2) is 0 Å². The van der Waals surface area contributed by atoms with E-state index < -0.39 is 21.4 Å². The predicted octanol–water partition coefficient (Wildman–Crippen LogP) is 2.58. The Morgan fingerprint density at radius 1 is 1.05 bits per heavy atom. The predicted molar refractivity (Wildman–Crippen MR) is 78.4 cm³/mol. The van der Waals surface area contributed by atoms with E-state index in [0.717, 1.165) is 0 Å². The molecule has 0 aromatic heterocycles. The van der Waals surface area contributed by atoms with Crippen LogP contribution >= 0.6 is 0 Å². The number of nitro groups is 2. The fourth-order valence-electron chi connectivity index (χ4n) is 2.17. The molecule has 8 heteroatoms. The Balaban J connectivity index is 2.80. The first-order valence-corrected chi connectivity index (χ1v) is 6.15. The number of hydrogen-bond acceptors (Lipinski definition) is 5. The summed E-state index contributed by atoms with van der Waals surface area (Å²) >= 11 is 0. The second kappa shape index (κ2) is 5.60. The Bertz CT molecular complexity index is 801. The van der Waals surface area contributed by atoms with Gasteiger partial charge in [0.05, 0.1) is 15.4 Å². The molecule has 0 saturated heterocycles. The van der Waals surface area contributed by atoms with Gasteiger partial charge >= 0.3 is 0 Å². The molecule has 8 nitrogen and oxygen atoms in total. The van der Waals surface area contributed by atoms with Gasteiger partial charge in [0.25, 0.3) is 17.3 Å². The summed E-state index contributed by atoms with van der Waals surface area (Å²) in [5.41, 5.74) is 5.30. The zero-order chi connectivity index (χ0) is 16.4. The van der Waals surface area contributed by atoms with Gasteiger partial charge in [-0.15, -0.1) is 0 Å². The number of nitrogens with zero attached hydrogens (tertiary/aromatic N) is 2. The molecule has 0 atom stereocenters. The van der Waals surface area contributed by atoms with Crippen molar-refractivity contribution in [3.05, 3.63) is 67.8 Å². The molecule has 2 aromatic rings. The maximum Gasteiger partial charge on any atom is 0.289 e. The lowest BCUT2D eigenvalue weighted by molar-refractivity contribution is -0.385. The van der Waals surface area contributed by atoms with E-state index >= 15 is 0 Å². The van der Waals surface area contributed by atoms with Gasteiger partial charge in [-0.2, -0.15) is 0 Å². The van der Waals surface area contributed by atoms with Gasteiger partial charge in [0.2, 0.25) is 0 Å². The number of aryl methyl sites for hydroxylation is 1. The van der Waals surface area contributed by atoms with Crippen molar-refractivity contribution in [3.63, 3.8) is 0 Å². The van der Waals surface area contributed by atoms with Crippen LogP contribution in [-0.2, 0) is 0 Å². The highest BCUT2D eigenvalue weighted by Gasteiger charge is 2.25. The molecule has 2 rings (SSSR count). The number of para-hydroxylation sites is 1. The SMILES string of the molecule is Cc1ccc([N+](=O)[O-])cc1-c1cccc(C(N)=O)c1[N+](=O)[O-]. The third kappa shape index (κ3) is 2.62. The van der Waals surface area contributed by atoms with Gasteiger partial charge in [-0.3, -0.25) is 25.0 Å². The van der Waals surface area contributed by atoms with E-state index in [4.69, 9.17) is 5.73 Å². The van der Waals surface area contributed by atoms with Crippen LogP contribution in [0.5, 0.6) is 0 Å². The number of primary amides is 1. The maximum atomic E-state index is 11.4. The Hall–Kier alpha value is -3.29. The zero-order valence-electron chi connectivity index (χ0n) is 11.5. The van der Waals surface area contributed by atoms with Crippen LogP contribution in [0.3, 0.4) is 0 Å². The number of benzene rings is 2. The second-order valence-corrected chi connectivity index (χ2v) is 4.58. The van der Waals surface area contributed by atoms with Crippen molar-refractivity contribution in [3.8, 4) is 11.1 Å². The van der Waals surface area contributed by atoms with E-state index in [0.29, 0.717) is 11.1 Å².